The number of piperazine rings is 1. The van der Waals surface area contributed by atoms with Crippen LogP contribution in [-0.2, 0) is 0 Å². The third-order valence-corrected chi connectivity index (χ3v) is 4.67. The molecule has 2 rings (SSSR count). The largest absolute Gasteiger partial charge is 0.308 e. The molecule has 0 radical (unpaired) electrons. The normalized spacial score (nSPS) is 29.3. The van der Waals surface area contributed by atoms with Crippen molar-refractivity contribution in [1.82, 2.24) is 10.2 Å². The third kappa shape index (κ3) is 3.27. The molecule has 1 unspecified atom stereocenters. The molecule has 2 fully saturated rings. The molecule has 1 spiro atoms. The Morgan fingerprint density at radius 2 is 1.83 bits per heavy atom. The minimum absolute atomic E-state index is 0.407. The van der Waals surface area contributed by atoms with E-state index >= 15 is 0 Å². The van der Waals surface area contributed by atoms with Gasteiger partial charge in [0.1, 0.15) is 0 Å². The van der Waals surface area contributed by atoms with E-state index < -0.39 is 0 Å². The first-order chi connectivity index (χ1) is 8.31. The summed E-state index contributed by atoms with van der Waals surface area (Å²) in [6.07, 6.45) is 5.61. The zero-order valence-corrected chi connectivity index (χ0v) is 13.1. The predicted octanol–water partition coefficient (Wildman–Crippen LogP) is 3.28. The van der Waals surface area contributed by atoms with Gasteiger partial charge in [0.2, 0.25) is 0 Å². The van der Waals surface area contributed by atoms with Gasteiger partial charge < -0.3 is 5.32 Å². The number of nitrogens with zero attached hydrogens (tertiary/aromatic N) is 1. The molecular weight excluding hydrogens is 220 g/mol. The maximum Gasteiger partial charge on any atom is 0.0309 e. The van der Waals surface area contributed by atoms with Crippen LogP contribution < -0.4 is 5.32 Å². The fourth-order valence-corrected chi connectivity index (χ4v) is 3.84. The van der Waals surface area contributed by atoms with Gasteiger partial charge >= 0.3 is 0 Å². The molecule has 1 N–H and O–H groups in total. The van der Waals surface area contributed by atoms with Gasteiger partial charge in [-0.1, -0.05) is 47.5 Å². The molecule has 1 aliphatic carbocycles. The quantitative estimate of drug-likeness (QED) is 0.811. The zero-order valence-electron chi connectivity index (χ0n) is 13.1. The van der Waals surface area contributed by atoms with Crippen molar-refractivity contribution in [3.63, 3.8) is 0 Å². The van der Waals surface area contributed by atoms with Crippen LogP contribution in [0, 0.1) is 11.3 Å². The Kier molecular flexibility index (Phi) is 4.08. The van der Waals surface area contributed by atoms with Gasteiger partial charge in [-0.25, -0.2) is 0 Å². The molecule has 18 heavy (non-hydrogen) atoms. The van der Waals surface area contributed by atoms with Crippen molar-refractivity contribution in [2.24, 2.45) is 11.3 Å². The molecular formula is C16H32N2. The first-order valence-electron chi connectivity index (χ1n) is 7.80. The van der Waals surface area contributed by atoms with Crippen molar-refractivity contribution in [1.29, 1.82) is 0 Å². The molecule has 0 aromatic carbocycles. The number of hydrogen-bond donors (Lipinski definition) is 1. The molecule has 2 aliphatic rings. The minimum Gasteiger partial charge on any atom is -0.308 e. The lowest BCUT2D eigenvalue weighted by Crippen LogP contribution is -2.65. The maximum absolute atomic E-state index is 3.90. The highest BCUT2D eigenvalue weighted by Crippen LogP contribution is 2.35. The van der Waals surface area contributed by atoms with Gasteiger partial charge in [-0.15, -0.1) is 0 Å². The topological polar surface area (TPSA) is 15.3 Å². The second-order valence-corrected chi connectivity index (χ2v) is 8.15. The molecule has 0 aromatic heterocycles. The van der Waals surface area contributed by atoms with Gasteiger partial charge in [-0.3, -0.25) is 4.90 Å². The van der Waals surface area contributed by atoms with E-state index in [4.69, 9.17) is 0 Å². The summed E-state index contributed by atoms with van der Waals surface area (Å²) < 4.78 is 0. The summed E-state index contributed by atoms with van der Waals surface area (Å²) in [4.78, 5) is 2.78. The van der Waals surface area contributed by atoms with E-state index in [1.54, 1.807) is 0 Å². The summed E-state index contributed by atoms with van der Waals surface area (Å²) in [6.45, 7) is 15.5. The first-order valence-corrected chi connectivity index (χ1v) is 7.80. The van der Waals surface area contributed by atoms with Gasteiger partial charge in [0, 0.05) is 31.2 Å². The Balaban J connectivity index is 2.08. The first kappa shape index (κ1) is 14.3. The van der Waals surface area contributed by atoms with Crippen LogP contribution in [0.15, 0.2) is 0 Å². The lowest BCUT2D eigenvalue weighted by atomic mass is 9.86. The van der Waals surface area contributed by atoms with Gasteiger partial charge in [-0.2, -0.15) is 0 Å². The maximum atomic E-state index is 3.90. The molecule has 2 nitrogen and oxygen atoms in total. The van der Waals surface area contributed by atoms with E-state index in [0.29, 0.717) is 11.0 Å². The molecule has 1 heterocycles. The smallest absolute Gasteiger partial charge is 0.0309 e. The van der Waals surface area contributed by atoms with Crippen molar-refractivity contribution < 1.29 is 0 Å². The lowest BCUT2D eigenvalue weighted by Gasteiger charge is -2.49. The third-order valence-electron chi connectivity index (χ3n) is 4.67. The lowest BCUT2D eigenvalue weighted by molar-refractivity contribution is 0.0323. The van der Waals surface area contributed by atoms with Crippen molar-refractivity contribution >= 4 is 0 Å². The van der Waals surface area contributed by atoms with Crippen LogP contribution in [-0.4, -0.2) is 36.1 Å². The molecule has 0 amide bonds. The van der Waals surface area contributed by atoms with Crippen LogP contribution in [0.2, 0.25) is 0 Å². The Morgan fingerprint density at radius 3 is 2.33 bits per heavy atom. The van der Waals surface area contributed by atoms with E-state index in [-0.39, 0.29) is 0 Å². The minimum atomic E-state index is 0.407. The van der Waals surface area contributed by atoms with Crippen molar-refractivity contribution in [3.05, 3.63) is 0 Å². The van der Waals surface area contributed by atoms with Gasteiger partial charge in [0.25, 0.3) is 0 Å². The van der Waals surface area contributed by atoms with Gasteiger partial charge in [0.05, 0.1) is 0 Å². The molecule has 1 aliphatic heterocycles. The fraction of sp³-hybridized carbons (Fsp3) is 1.00. The van der Waals surface area contributed by atoms with E-state index in [1.807, 2.05) is 0 Å². The zero-order chi connectivity index (χ0) is 13.4. The molecule has 1 saturated heterocycles. The van der Waals surface area contributed by atoms with Crippen molar-refractivity contribution in [3.8, 4) is 0 Å². The van der Waals surface area contributed by atoms with Crippen LogP contribution in [0.4, 0.5) is 0 Å². The average molecular weight is 252 g/mol. The predicted molar refractivity (Wildman–Crippen MR) is 78.9 cm³/mol. The second kappa shape index (κ2) is 5.13. The Labute approximate surface area is 114 Å². The van der Waals surface area contributed by atoms with Crippen LogP contribution in [0.1, 0.15) is 60.3 Å². The Morgan fingerprint density at radius 1 is 1.22 bits per heavy atom. The molecule has 0 bridgehead atoms. The van der Waals surface area contributed by atoms with Gasteiger partial charge in [0.15, 0.2) is 0 Å². The highest BCUT2D eigenvalue weighted by molar-refractivity contribution is 5.02. The number of nitrogens with one attached hydrogen (secondary N) is 1. The standard InChI is InChI=1S/C16H32N2/c1-13(2)14-10-17-16(8-6-7-9-16)12-18(14)11-15(3,4)5/h13-14,17H,6-12H2,1-5H3. The van der Waals surface area contributed by atoms with Crippen LogP contribution in [0.25, 0.3) is 0 Å². The molecule has 1 atom stereocenters. The molecule has 1 saturated carbocycles. The van der Waals surface area contributed by atoms with Crippen LogP contribution in [0.5, 0.6) is 0 Å². The highest BCUT2D eigenvalue weighted by atomic mass is 15.3. The summed E-state index contributed by atoms with van der Waals surface area (Å²) in [5.41, 5.74) is 0.862. The van der Waals surface area contributed by atoms with E-state index in [1.165, 1.54) is 45.3 Å². The summed E-state index contributed by atoms with van der Waals surface area (Å²) in [7, 11) is 0. The summed E-state index contributed by atoms with van der Waals surface area (Å²) in [5.74, 6) is 0.749. The highest BCUT2D eigenvalue weighted by Gasteiger charge is 2.42. The van der Waals surface area contributed by atoms with Crippen molar-refractivity contribution in [2.45, 2.75) is 71.9 Å². The number of rotatable bonds is 2. The van der Waals surface area contributed by atoms with E-state index in [0.717, 1.165) is 12.0 Å². The van der Waals surface area contributed by atoms with Crippen LogP contribution >= 0.6 is 0 Å². The Hall–Kier alpha value is -0.0800. The van der Waals surface area contributed by atoms with E-state index in [9.17, 15) is 0 Å². The fourth-order valence-electron chi connectivity index (χ4n) is 3.84. The monoisotopic (exact) mass is 252 g/mol. The van der Waals surface area contributed by atoms with Crippen LogP contribution in [0.3, 0.4) is 0 Å². The van der Waals surface area contributed by atoms with Gasteiger partial charge in [-0.05, 0) is 24.2 Å². The number of hydrogen-bond acceptors (Lipinski definition) is 2. The molecule has 0 aromatic rings. The summed E-state index contributed by atoms with van der Waals surface area (Å²) in [6, 6.07) is 0.718. The Bertz CT molecular complexity index is 271. The van der Waals surface area contributed by atoms with E-state index in [2.05, 4.69) is 44.8 Å². The second-order valence-electron chi connectivity index (χ2n) is 8.15. The SMILES string of the molecule is CC(C)C1CNC2(CCCC2)CN1CC(C)(C)C. The molecule has 2 heteroatoms. The average Bonchev–Trinajstić information content (AvgIpc) is 2.63. The summed E-state index contributed by atoms with van der Waals surface area (Å²) in [5, 5.41) is 3.90. The summed E-state index contributed by atoms with van der Waals surface area (Å²) >= 11 is 0. The molecule has 106 valence electrons. The van der Waals surface area contributed by atoms with Crippen molar-refractivity contribution in [2.75, 3.05) is 19.6 Å².